The van der Waals surface area contributed by atoms with Crippen LogP contribution < -0.4 is 5.32 Å². The van der Waals surface area contributed by atoms with Crippen molar-refractivity contribution >= 4 is 17.7 Å². The van der Waals surface area contributed by atoms with Gasteiger partial charge in [0.15, 0.2) is 0 Å². The number of amides is 3. The van der Waals surface area contributed by atoms with Crippen molar-refractivity contribution in [2.24, 2.45) is 11.8 Å². The van der Waals surface area contributed by atoms with Gasteiger partial charge in [-0.25, -0.2) is 4.39 Å². The molecule has 1 saturated carbocycles. The van der Waals surface area contributed by atoms with Gasteiger partial charge in [-0.15, -0.1) is 0 Å². The summed E-state index contributed by atoms with van der Waals surface area (Å²) in [4.78, 5) is 41.8. The van der Waals surface area contributed by atoms with Crippen LogP contribution in [0, 0.1) is 17.7 Å². The number of nitrogens with zero attached hydrogens (tertiary/aromatic N) is 2. The van der Waals surface area contributed by atoms with Gasteiger partial charge in [-0.05, 0) is 68.7 Å². The monoisotopic (exact) mass is 401 g/mol. The predicted molar refractivity (Wildman–Crippen MR) is 105 cm³/mol. The molecule has 0 aromatic heterocycles. The van der Waals surface area contributed by atoms with Gasteiger partial charge in [0.25, 0.3) is 5.91 Å². The Bertz CT molecular complexity index is 764. The highest BCUT2D eigenvalue weighted by Gasteiger charge is 2.39. The van der Waals surface area contributed by atoms with Crippen LogP contribution in [-0.4, -0.2) is 59.7 Å². The average Bonchev–Trinajstić information content (AvgIpc) is 3.46. The summed E-state index contributed by atoms with van der Waals surface area (Å²) in [6, 6.07) is 5.08. The van der Waals surface area contributed by atoms with E-state index in [1.807, 2.05) is 4.90 Å². The number of halogens is 1. The van der Waals surface area contributed by atoms with Gasteiger partial charge in [0.05, 0.1) is 0 Å². The number of rotatable bonds is 5. The van der Waals surface area contributed by atoms with Gasteiger partial charge in [-0.2, -0.15) is 0 Å². The molecule has 7 heteroatoms. The number of carbonyl (C=O) groups excluding carboxylic acids is 3. The summed E-state index contributed by atoms with van der Waals surface area (Å²) in [6.07, 6.45) is 5.17. The van der Waals surface area contributed by atoms with Crippen LogP contribution in [0.4, 0.5) is 4.39 Å². The van der Waals surface area contributed by atoms with Gasteiger partial charge >= 0.3 is 0 Å². The van der Waals surface area contributed by atoms with E-state index in [1.54, 1.807) is 4.90 Å². The summed E-state index contributed by atoms with van der Waals surface area (Å²) in [5.74, 6) is -0.373. The minimum absolute atomic E-state index is 0.00707. The van der Waals surface area contributed by atoms with Crippen LogP contribution in [0.3, 0.4) is 0 Å². The first-order valence-electron chi connectivity index (χ1n) is 10.7. The van der Waals surface area contributed by atoms with E-state index in [2.05, 4.69) is 5.32 Å². The second-order valence-electron chi connectivity index (χ2n) is 8.43. The van der Waals surface area contributed by atoms with Gasteiger partial charge in [0, 0.05) is 37.7 Å². The molecule has 4 rings (SSSR count). The Morgan fingerprint density at radius 2 is 1.52 bits per heavy atom. The third-order valence-electron chi connectivity index (χ3n) is 6.32. The molecule has 1 aromatic carbocycles. The largest absolute Gasteiger partial charge is 0.344 e. The topological polar surface area (TPSA) is 69.7 Å². The van der Waals surface area contributed by atoms with Crippen molar-refractivity contribution in [3.63, 3.8) is 0 Å². The Kier molecular flexibility index (Phi) is 5.83. The second-order valence-corrected chi connectivity index (χ2v) is 8.43. The van der Waals surface area contributed by atoms with E-state index in [9.17, 15) is 18.8 Å². The minimum Gasteiger partial charge on any atom is -0.344 e. The number of carbonyl (C=O) groups is 3. The molecule has 1 aliphatic carbocycles. The lowest BCUT2D eigenvalue weighted by molar-refractivity contribution is -0.138. The van der Waals surface area contributed by atoms with Crippen LogP contribution in [0.25, 0.3) is 0 Å². The average molecular weight is 401 g/mol. The third kappa shape index (κ3) is 4.60. The second kappa shape index (κ2) is 8.51. The molecule has 3 amide bonds. The fraction of sp³-hybridized carbons (Fsp3) is 0.591. The maximum absolute atomic E-state index is 13.1. The maximum Gasteiger partial charge on any atom is 0.253 e. The Balaban J connectivity index is 1.40. The van der Waals surface area contributed by atoms with Crippen molar-refractivity contribution in [1.29, 1.82) is 0 Å². The van der Waals surface area contributed by atoms with Gasteiger partial charge in [0.2, 0.25) is 11.8 Å². The first-order valence-corrected chi connectivity index (χ1v) is 10.7. The minimum atomic E-state index is -0.496. The van der Waals surface area contributed by atoms with Crippen LogP contribution in [0.15, 0.2) is 24.3 Å². The highest BCUT2D eigenvalue weighted by molar-refractivity contribution is 5.94. The number of hydrogen-bond acceptors (Lipinski definition) is 3. The number of hydrogen-bond donors (Lipinski definition) is 1. The van der Waals surface area contributed by atoms with E-state index in [4.69, 9.17) is 0 Å². The molecule has 1 N–H and O–H groups in total. The maximum atomic E-state index is 13.1. The van der Waals surface area contributed by atoms with Gasteiger partial charge in [-0.3, -0.25) is 14.4 Å². The highest BCUT2D eigenvalue weighted by Crippen LogP contribution is 2.30. The molecule has 0 spiro atoms. The molecule has 156 valence electrons. The first-order chi connectivity index (χ1) is 14.0. The SMILES string of the molecule is O=C(NC(C(=O)N1CCCC1)C1CCN(C(=O)c2ccc(F)cc2)CC1)C1CC1. The molecular weight excluding hydrogens is 373 g/mol. The predicted octanol–water partition coefficient (Wildman–Crippen LogP) is 2.20. The summed E-state index contributed by atoms with van der Waals surface area (Å²) in [7, 11) is 0. The lowest BCUT2D eigenvalue weighted by Gasteiger charge is -2.37. The fourth-order valence-corrected chi connectivity index (χ4v) is 4.34. The standard InChI is InChI=1S/C22H28FN3O3/c23-18-7-5-17(6-8-18)21(28)26-13-9-15(10-14-26)19(24-20(27)16-3-4-16)22(29)25-11-1-2-12-25/h5-8,15-16,19H,1-4,9-14H2,(H,24,27). The number of piperidine rings is 1. The summed E-state index contributed by atoms with van der Waals surface area (Å²) < 4.78 is 13.1. The van der Waals surface area contributed by atoms with Crippen molar-refractivity contribution < 1.29 is 18.8 Å². The molecule has 2 aliphatic heterocycles. The summed E-state index contributed by atoms with van der Waals surface area (Å²) >= 11 is 0. The van der Waals surface area contributed by atoms with Crippen molar-refractivity contribution in [3.05, 3.63) is 35.6 Å². The fourth-order valence-electron chi connectivity index (χ4n) is 4.34. The summed E-state index contributed by atoms with van der Waals surface area (Å²) in [5.41, 5.74) is 0.469. The molecule has 2 saturated heterocycles. The highest BCUT2D eigenvalue weighted by atomic mass is 19.1. The zero-order valence-corrected chi connectivity index (χ0v) is 16.6. The Morgan fingerprint density at radius 1 is 0.897 bits per heavy atom. The van der Waals surface area contributed by atoms with E-state index in [0.717, 1.165) is 38.8 Å². The first kappa shape index (κ1) is 19.9. The normalized spacial score (nSPS) is 21.1. The van der Waals surface area contributed by atoms with Crippen LogP contribution in [-0.2, 0) is 9.59 Å². The van der Waals surface area contributed by atoms with Gasteiger partial charge in [-0.1, -0.05) is 0 Å². The Morgan fingerprint density at radius 3 is 2.10 bits per heavy atom. The van der Waals surface area contributed by atoms with Crippen molar-refractivity contribution in [2.75, 3.05) is 26.2 Å². The van der Waals surface area contributed by atoms with E-state index in [1.165, 1.54) is 24.3 Å². The van der Waals surface area contributed by atoms with E-state index >= 15 is 0 Å². The van der Waals surface area contributed by atoms with Gasteiger partial charge in [0.1, 0.15) is 11.9 Å². The van der Waals surface area contributed by atoms with Crippen LogP contribution in [0.5, 0.6) is 0 Å². The van der Waals surface area contributed by atoms with E-state index in [-0.39, 0.29) is 35.4 Å². The lowest BCUT2D eigenvalue weighted by atomic mass is 9.88. The lowest BCUT2D eigenvalue weighted by Crippen LogP contribution is -2.54. The summed E-state index contributed by atoms with van der Waals surface area (Å²) in [6.45, 7) is 2.58. The van der Waals surface area contributed by atoms with Gasteiger partial charge < -0.3 is 15.1 Å². The molecule has 1 atom stereocenters. The number of likely N-dealkylation sites (tertiary alicyclic amines) is 2. The van der Waals surface area contributed by atoms with Crippen LogP contribution in [0.2, 0.25) is 0 Å². The molecule has 6 nitrogen and oxygen atoms in total. The van der Waals surface area contributed by atoms with Crippen molar-refractivity contribution in [1.82, 2.24) is 15.1 Å². The smallest absolute Gasteiger partial charge is 0.253 e. The third-order valence-corrected chi connectivity index (χ3v) is 6.32. The zero-order chi connectivity index (χ0) is 20.4. The molecule has 0 radical (unpaired) electrons. The molecule has 3 fully saturated rings. The quantitative estimate of drug-likeness (QED) is 0.822. The molecule has 1 unspecified atom stereocenters. The Labute approximate surface area is 170 Å². The van der Waals surface area contributed by atoms with E-state index in [0.29, 0.717) is 31.5 Å². The van der Waals surface area contributed by atoms with Crippen LogP contribution >= 0.6 is 0 Å². The van der Waals surface area contributed by atoms with Crippen molar-refractivity contribution in [3.8, 4) is 0 Å². The molecule has 2 heterocycles. The molecule has 0 bridgehead atoms. The zero-order valence-electron chi connectivity index (χ0n) is 16.6. The molecule has 3 aliphatic rings. The van der Waals surface area contributed by atoms with Crippen LogP contribution in [0.1, 0.15) is 48.9 Å². The molecule has 29 heavy (non-hydrogen) atoms. The van der Waals surface area contributed by atoms with E-state index < -0.39 is 6.04 Å². The summed E-state index contributed by atoms with van der Waals surface area (Å²) in [5, 5.41) is 3.03. The number of benzene rings is 1. The molecule has 1 aromatic rings. The van der Waals surface area contributed by atoms with Crippen molar-refractivity contribution in [2.45, 2.75) is 44.6 Å². The molecular formula is C22H28FN3O3. The number of nitrogens with one attached hydrogen (secondary N) is 1. The Hall–Kier alpha value is -2.44.